The number of rotatable bonds is 4. The van der Waals surface area contributed by atoms with E-state index in [1.54, 1.807) is 18.3 Å². The van der Waals surface area contributed by atoms with Gasteiger partial charge in [0.1, 0.15) is 6.29 Å². The average molecular weight is 314 g/mol. The molecule has 0 fully saturated rings. The fraction of sp³-hybridized carbons (Fsp3) is 0.167. The number of nitrogens with one attached hydrogen (secondary N) is 2. The molecule has 2 rings (SSSR count). The van der Waals surface area contributed by atoms with Gasteiger partial charge < -0.3 is 16.5 Å². The fourth-order valence-electron chi connectivity index (χ4n) is 1.53. The van der Waals surface area contributed by atoms with Gasteiger partial charge in [-0.15, -0.1) is 0 Å². The lowest BCUT2D eigenvalue weighted by molar-refractivity contribution is 0.112. The van der Waals surface area contributed by atoms with Crippen molar-refractivity contribution in [2.75, 3.05) is 12.4 Å². The molecule has 0 radical (unpaired) electrons. The molecule has 0 aliphatic heterocycles. The molecule has 0 aliphatic carbocycles. The second-order valence-electron chi connectivity index (χ2n) is 4.12. The molecule has 0 saturated heterocycles. The molecule has 0 bridgehead atoms. The summed E-state index contributed by atoms with van der Waals surface area (Å²) in [5, 5.41) is 3.02. The number of aldehydes is 1. The first-order chi connectivity index (χ1) is 11.2. The molecular formula is C18H26N4O. The second-order valence-corrected chi connectivity index (χ2v) is 4.12. The summed E-state index contributed by atoms with van der Waals surface area (Å²) >= 11 is 0. The highest BCUT2D eigenvalue weighted by molar-refractivity contribution is 5.74. The highest BCUT2D eigenvalue weighted by Gasteiger charge is 1.95. The number of nitrogens with two attached hydrogens (primary N) is 2. The molecule has 0 aromatic heterocycles. The van der Waals surface area contributed by atoms with E-state index in [4.69, 9.17) is 11.6 Å². The molecule has 0 atom stereocenters. The van der Waals surface area contributed by atoms with Gasteiger partial charge in [-0.1, -0.05) is 56.3 Å². The van der Waals surface area contributed by atoms with Gasteiger partial charge in [-0.2, -0.15) is 0 Å². The van der Waals surface area contributed by atoms with Crippen LogP contribution in [0.3, 0.4) is 0 Å². The van der Waals surface area contributed by atoms with E-state index in [0.29, 0.717) is 5.70 Å². The van der Waals surface area contributed by atoms with Crippen molar-refractivity contribution in [2.24, 2.45) is 11.6 Å². The van der Waals surface area contributed by atoms with E-state index >= 15 is 0 Å². The number of hydrazine groups is 1. The largest absolute Gasteiger partial charge is 0.397 e. The van der Waals surface area contributed by atoms with Crippen molar-refractivity contribution in [3.63, 3.8) is 0 Å². The van der Waals surface area contributed by atoms with Crippen molar-refractivity contribution in [1.82, 2.24) is 5.43 Å². The Morgan fingerprint density at radius 2 is 1.57 bits per heavy atom. The Morgan fingerprint density at radius 3 is 1.96 bits per heavy atom. The summed E-state index contributed by atoms with van der Waals surface area (Å²) in [6.07, 6.45) is 2.38. The van der Waals surface area contributed by atoms with Crippen LogP contribution in [-0.4, -0.2) is 13.3 Å². The molecule has 5 heteroatoms. The molecule has 0 saturated carbocycles. The average Bonchev–Trinajstić information content (AvgIpc) is 2.65. The monoisotopic (exact) mass is 314 g/mol. The van der Waals surface area contributed by atoms with Crippen LogP contribution in [0.15, 0.2) is 60.8 Å². The molecule has 23 heavy (non-hydrogen) atoms. The van der Waals surface area contributed by atoms with E-state index in [0.717, 1.165) is 23.1 Å². The highest BCUT2D eigenvalue weighted by atomic mass is 16.1. The molecule has 0 unspecified atom stereocenters. The number of benzene rings is 2. The number of hydrogen-bond acceptors (Lipinski definition) is 5. The predicted molar refractivity (Wildman–Crippen MR) is 98.7 cm³/mol. The van der Waals surface area contributed by atoms with Gasteiger partial charge in [-0.3, -0.25) is 10.6 Å². The summed E-state index contributed by atoms with van der Waals surface area (Å²) in [7, 11) is 1.87. The van der Waals surface area contributed by atoms with Gasteiger partial charge >= 0.3 is 0 Å². The second kappa shape index (κ2) is 12.9. The number of hydrogen-bond donors (Lipinski definition) is 4. The molecule has 2 aromatic carbocycles. The molecule has 6 N–H and O–H groups in total. The molecule has 5 nitrogen and oxygen atoms in total. The van der Waals surface area contributed by atoms with Crippen molar-refractivity contribution < 1.29 is 4.79 Å². The minimum atomic E-state index is 0.616. The highest BCUT2D eigenvalue weighted by Crippen LogP contribution is 2.12. The van der Waals surface area contributed by atoms with E-state index in [1.807, 2.05) is 63.4 Å². The van der Waals surface area contributed by atoms with E-state index in [-0.39, 0.29) is 0 Å². The fourth-order valence-corrected chi connectivity index (χ4v) is 1.53. The van der Waals surface area contributed by atoms with Crippen LogP contribution in [-0.2, 0) is 0 Å². The van der Waals surface area contributed by atoms with Gasteiger partial charge in [-0.25, -0.2) is 0 Å². The van der Waals surface area contributed by atoms with Crippen LogP contribution in [0.2, 0.25) is 0 Å². The third kappa shape index (κ3) is 8.28. The first-order valence-corrected chi connectivity index (χ1v) is 7.41. The minimum Gasteiger partial charge on any atom is -0.397 e. The standard InChI is InChI=1S/C9H14N4.C7H6O.C2H6/c1-12-8-4-2-7(3-5-8)9(10)6-13-11;8-6-7-4-2-1-3-5-7;1-2/h2-6,12-13H,10-11H2,1H3;1-6H;1-2H3/b9-6-;;. The van der Waals surface area contributed by atoms with Crippen molar-refractivity contribution in [2.45, 2.75) is 13.8 Å². The Hall–Kier alpha value is -2.79. The van der Waals surface area contributed by atoms with Crippen LogP contribution in [0.4, 0.5) is 5.69 Å². The maximum absolute atomic E-state index is 10.0. The number of carbonyl (C=O) groups excluding carboxylic acids is 1. The summed E-state index contributed by atoms with van der Waals surface area (Å²) in [6, 6.07) is 16.9. The van der Waals surface area contributed by atoms with Crippen LogP contribution >= 0.6 is 0 Å². The van der Waals surface area contributed by atoms with Crippen LogP contribution < -0.4 is 22.3 Å². The van der Waals surface area contributed by atoms with Gasteiger partial charge in [0.05, 0.1) is 5.70 Å². The maximum atomic E-state index is 10.0. The first-order valence-electron chi connectivity index (χ1n) is 7.41. The van der Waals surface area contributed by atoms with Crippen LogP contribution in [0, 0.1) is 0 Å². The summed E-state index contributed by atoms with van der Waals surface area (Å²) in [5.41, 5.74) is 11.4. The Bertz CT molecular complexity index is 565. The van der Waals surface area contributed by atoms with Crippen molar-refractivity contribution in [3.8, 4) is 0 Å². The zero-order chi connectivity index (χ0) is 17.5. The smallest absolute Gasteiger partial charge is 0.150 e. The molecular weight excluding hydrogens is 288 g/mol. The number of carbonyl (C=O) groups is 1. The van der Waals surface area contributed by atoms with Gasteiger partial charge in [0, 0.05) is 24.5 Å². The van der Waals surface area contributed by atoms with Gasteiger partial charge in [0.15, 0.2) is 0 Å². The van der Waals surface area contributed by atoms with Crippen molar-refractivity contribution in [1.29, 1.82) is 0 Å². The van der Waals surface area contributed by atoms with Gasteiger partial charge in [-0.05, 0) is 17.7 Å². The maximum Gasteiger partial charge on any atom is 0.150 e. The quantitative estimate of drug-likeness (QED) is 0.395. The Labute approximate surface area is 138 Å². The topological polar surface area (TPSA) is 93.2 Å². The van der Waals surface area contributed by atoms with E-state index in [9.17, 15) is 4.79 Å². The zero-order valence-electron chi connectivity index (χ0n) is 13.9. The summed E-state index contributed by atoms with van der Waals surface area (Å²) in [5.74, 6) is 5.10. The first kappa shape index (κ1) is 20.2. The molecule has 124 valence electrons. The normalized spacial score (nSPS) is 9.48. The molecule has 0 heterocycles. The lowest BCUT2D eigenvalue weighted by atomic mass is 10.1. The molecule has 0 amide bonds. The van der Waals surface area contributed by atoms with Gasteiger partial charge in [0.2, 0.25) is 0 Å². The lowest BCUT2D eigenvalue weighted by Crippen LogP contribution is -2.16. The summed E-state index contributed by atoms with van der Waals surface area (Å²) < 4.78 is 0. The lowest BCUT2D eigenvalue weighted by Gasteiger charge is -2.03. The molecule has 0 aliphatic rings. The Morgan fingerprint density at radius 1 is 1.00 bits per heavy atom. The number of anilines is 1. The van der Waals surface area contributed by atoms with Gasteiger partial charge in [0.25, 0.3) is 0 Å². The SMILES string of the molecule is CC.CNc1ccc(/C(N)=C/NN)cc1.O=Cc1ccccc1. The predicted octanol–water partition coefficient (Wildman–Crippen LogP) is 2.97. The van der Waals surface area contributed by atoms with E-state index in [1.165, 1.54) is 0 Å². The van der Waals surface area contributed by atoms with Crippen LogP contribution in [0.5, 0.6) is 0 Å². The van der Waals surface area contributed by atoms with Crippen LogP contribution in [0.1, 0.15) is 29.8 Å². The third-order valence-corrected chi connectivity index (χ3v) is 2.68. The Balaban J connectivity index is 0.000000414. The third-order valence-electron chi connectivity index (χ3n) is 2.68. The van der Waals surface area contributed by atoms with Crippen molar-refractivity contribution >= 4 is 17.7 Å². The van der Waals surface area contributed by atoms with Crippen LogP contribution in [0.25, 0.3) is 5.70 Å². The summed E-state index contributed by atoms with van der Waals surface area (Å²) in [4.78, 5) is 10.0. The Kier molecular flexibility index (Phi) is 11.3. The summed E-state index contributed by atoms with van der Waals surface area (Å²) in [6.45, 7) is 4.00. The minimum absolute atomic E-state index is 0.616. The van der Waals surface area contributed by atoms with E-state index < -0.39 is 0 Å². The zero-order valence-corrected chi connectivity index (χ0v) is 13.9. The van der Waals surface area contributed by atoms with E-state index in [2.05, 4.69) is 10.7 Å². The van der Waals surface area contributed by atoms with Crippen molar-refractivity contribution in [3.05, 3.63) is 71.9 Å². The molecule has 2 aromatic rings. The molecule has 0 spiro atoms.